The predicted molar refractivity (Wildman–Crippen MR) is 122 cm³/mol. The predicted octanol–water partition coefficient (Wildman–Crippen LogP) is 3.54. The normalized spacial score (nSPS) is 11.7. The molecule has 2 heterocycles. The number of hydrogen-bond donors (Lipinski definition) is 1. The molecule has 6 nitrogen and oxygen atoms in total. The van der Waals surface area contributed by atoms with Crippen molar-refractivity contribution in [3.63, 3.8) is 0 Å². The van der Waals surface area contributed by atoms with E-state index in [1.165, 1.54) is 0 Å². The quantitative estimate of drug-likeness (QED) is 0.608. The van der Waals surface area contributed by atoms with Crippen LogP contribution in [-0.4, -0.2) is 45.9 Å². The third-order valence-electron chi connectivity index (χ3n) is 5.59. The van der Waals surface area contributed by atoms with Crippen molar-refractivity contribution in [2.75, 3.05) is 13.6 Å². The van der Waals surface area contributed by atoms with Gasteiger partial charge in [-0.2, -0.15) is 0 Å². The summed E-state index contributed by atoms with van der Waals surface area (Å²) < 4.78 is 1.79. The molecule has 0 unspecified atom stereocenters. The number of aryl methyl sites for hydroxylation is 3. The maximum absolute atomic E-state index is 13.3. The van der Waals surface area contributed by atoms with Crippen molar-refractivity contribution in [2.45, 2.75) is 32.7 Å². The van der Waals surface area contributed by atoms with Crippen LogP contribution in [0.4, 0.5) is 0 Å². The van der Waals surface area contributed by atoms with Crippen molar-refractivity contribution in [1.82, 2.24) is 19.8 Å². The molecule has 1 atom stereocenters. The summed E-state index contributed by atoms with van der Waals surface area (Å²) in [5.74, 6) is -0.141. The highest BCUT2D eigenvalue weighted by atomic mass is 16.2. The zero-order valence-corrected chi connectivity index (χ0v) is 18.6. The van der Waals surface area contributed by atoms with Crippen molar-refractivity contribution in [2.24, 2.45) is 7.05 Å². The molecule has 0 aliphatic rings. The number of benzene rings is 1. The first kappa shape index (κ1) is 22.3. The van der Waals surface area contributed by atoms with Crippen LogP contribution in [0, 0.1) is 13.8 Å². The second-order valence-corrected chi connectivity index (χ2v) is 7.95. The van der Waals surface area contributed by atoms with E-state index in [9.17, 15) is 9.59 Å². The Hall–Kier alpha value is -3.41. The molecule has 162 valence electrons. The highest BCUT2D eigenvalue weighted by Crippen LogP contribution is 2.17. The number of amides is 2. The average Bonchev–Trinajstić information content (AvgIpc) is 3.20. The molecule has 0 aliphatic carbocycles. The van der Waals surface area contributed by atoms with Gasteiger partial charge in [0.1, 0.15) is 5.69 Å². The molecule has 0 bridgehead atoms. The molecular formula is C25H30N4O2. The fourth-order valence-electron chi connectivity index (χ4n) is 3.67. The second-order valence-electron chi connectivity index (χ2n) is 7.95. The lowest BCUT2D eigenvalue weighted by molar-refractivity contribution is 0.0722. The molecular weight excluding hydrogens is 388 g/mol. The van der Waals surface area contributed by atoms with E-state index in [0.717, 1.165) is 16.8 Å². The van der Waals surface area contributed by atoms with E-state index in [0.29, 0.717) is 30.6 Å². The van der Waals surface area contributed by atoms with Crippen LogP contribution in [0.3, 0.4) is 0 Å². The minimum atomic E-state index is -0.111. The van der Waals surface area contributed by atoms with Gasteiger partial charge in [-0.15, -0.1) is 0 Å². The molecule has 0 aliphatic heterocycles. The number of hydrogen-bond acceptors (Lipinski definition) is 3. The lowest BCUT2D eigenvalue weighted by atomic mass is 10.0. The Kier molecular flexibility index (Phi) is 7.23. The first-order valence-corrected chi connectivity index (χ1v) is 10.5. The molecule has 0 fully saturated rings. The maximum Gasteiger partial charge on any atom is 0.267 e. The summed E-state index contributed by atoms with van der Waals surface area (Å²) in [5.41, 5.74) is 4.12. The average molecular weight is 419 g/mol. The molecule has 1 aromatic carbocycles. The van der Waals surface area contributed by atoms with Gasteiger partial charge in [0, 0.05) is 50.3 Å². The summed E-state index contributed by atoms with van der Waals surface area (Å²) in [7, 11) is 3.68. The van der Waals surface area contributed by atoms with Gasteiger partial charge in [0.05, 0.1) is 0 Å². The first-order valence-electron chi connectivity index (χ1n) is 10.5. The van der Waals surface area contributed by atoms with Gasteiger partial charge in [0.15, 0.2) is 0 Å². The maximum atomic E-state index is 13.3. The molecule has 2 aromatic heterocycles. The highest BCUT2D eigenvalue weighted by molar-refractivity contribution is 5.95. The van der Waals surface area contributed by atoms with Crippen molar-refractivity contribution >= 4 is 11.8 Å². The first-order chi connectivity index (χ1) is 14.9. The molecule has 0 spiro atoms. The summed E-state index contributed by atoms with van der Waals surface area (Å²) in [5, 5.41) is 2.99. The minimum absolute atomic E-state index is 0.0299. The van der Waals surface area contributed by atoms with Gasteiger partial charge < -0.3 is 14.8 Å². The molecule has 2 amide bonds. The number of carbonyl (C=O) groups is 2. The molecule has 0 radical (unpaired) electrons. The Balaban J connectivity index is 1.73. The fourth-order valence-corrected chi connectivity index (χ4v) is 3.67. The summed E-state index contributed by atoms with van der Waals surface area (Å²) in [6.07, 6.45) is 4.95. The fraction of sp³-hybridized carbons (Fsp3) is 0.320. The summed E-state index contributed by atoms with van der Waals surface area (Å²) in [6, 6.07) is 15.5. The molecule has 3 rings (SSSR count). The van der Waals surface area contributed by atoms with Gasteiger partial charge in [0.2, 0.25) is 0 Å². The van der Waals surface area contributed by atoms with E-state index in [1.54, 1.807) is 21.7 Å². The van der Waals surface area contributed by atoms with E-state index < -0.39 is 0 Å². The Bertz CT molecular complexity index is 1040. The van der Waals surface area contributed by atoms with E-state index in [2.05, 4.69) is 22.4 Å². The van der Waals surface area contributed by atoms with E-state index in [-0.39, 0.29) is 17.9 Å². The van der Waals surface area contributed by atoms with Gasteiger partial charge >= 0.3 is 0 Å². The molecule has 6 heteroatoms. The van der Waals surface area contributed by atoms with Crippen LogP contribution in [0.15, 0.2) is 60.9 Å². The van der Waals surface area contributed by atoms with Crippen LogP contribution in [0.25, 0.3) is 0 Å². The number of nitrogens with zero attached hydrogens (tertiary/aromatic N) is 3. The lowest BCUT2D eigenvalue weighted by Gasteiger charge is -2.29. The summed E-state index contributed by atoms with van der Waals surface area (Å²) in [4.78, 5) is 31.8. The van der Waals surface area contributed by atoms with Crippen LogP contribution in [0.1, 0.15) is 44.1 Å². The van der Waals surface area contributed by atoms with E-state index in [1.807, 2.05) is 64.5 Å². The molecule has 31 heavy (non-hydrogen) atoms. The Morgan fingerprint density at radius 3 is 2.55 bits per heavy atom. The molecule has 0 saturated carbocycles. The summed E-state index contributed by atoms with van der Waals surface area (Å²) in [6.45, 7) is 4.27. The van der Waals surface area contributed by atoms with Gasteiger partial charge in [-0.25, -0.2) is 0 Å². The number of rotatable bonds is 8. The molecule has 1 N–H and O–H groups in total. The Morgan fingerprint density at radius 1 is 1.13 bits per heavy atom. The standard InChI is InChI=1S/C25H30N4O2/c1-18-17-27-19(2)15-22(18)25(31)29(4)21(16-20-9-6-5-7-10-20)12-13-26-24(30)23-11-8-14-28(23)3/h5-11,14-15,17,21H,12-13,16H2,1-4H3,(H,26,30)/t21-/m1/s1. The third-order valence-corrected chi connectivity index (χ3v) is 5.59. The van der Waals surface area contributed by atoms with Crippen LogP contribution < -0.4 is 5.32 Å². The van der Waals surface area contributed by atoms with E-state index in [4.69, 9.17) is 0 Å². The number of aromatic nitrogens is 2. The molecule has 3 aromatic rings. The Morgan fingerprint density at radius 2 is 1.87 bits per heavy atom. The van der Waals surface area contributed by atoms with E-state index >= 15 is 0 Å². The van der Waals surface area contributed by atoms with Crippen LogP contribution in [0.5, 0.6) is 0 Å². The largest absolute Gasteiger partial charge is 0.351 e. The van der Waals surface area contributed by atoms with Crippen LogP contribution in [-0.2, 0) is 13.5 Å². The van der Waals surface area contributed by atoms with Gasteiger partial charge in [0.25, 0.3) is 11.8 Å². The van der Waals surface area contributed by atoms with Gasteiger partial charge in [-0.05, 0) is 56.0 Å². The van der Waals surface area contributed by atoms with Crippen LogP contribution >= 0.6 is 0 Å². The SMILES string of the molecule is Cc1cc(C(=O)N(C)[C@H](CCNC(=O)c2cccn2C)Cc2ccccc2)c(C)cn1. The Labute approximate surface area is 183 Å². The third kappa shape index (κ3) is 5.60. The zero-order chi connectivity index (χ0) is 22.4. The van der Waals surface area contributed by atoms with Crippen molar-refractivity contribution in [3.8, 4) is 0 Å². The number of pyridine rings is 1. The highest BCUT2D eigenvalue weighted by Gasteiger charge is 2.23. The van der Waals surface area contributed by atoms with Crippen LogP contribution in [0.2, 0.25) is 0 Å². The number of nitrogens with one attached hydrogen (secondary N) is 1. The topological polar surface area (TPSA) is 67.2 Å². The summed E-state index contributed by atoms with van der Waals surface area (Å²) >= 11 is 0. The molecule has 0 saturated heterocycles. The second kappa shape index (κ2) is 10.1. The number of likely N-dealkylation sites (N-methyl/N-ethyl adjacent to an activating group) is 1. The monoisotopic (exact) mass is 418 g/mol. The smallest absolute Gasteiger partial charge is 0.267 e. The zero-order valence-electron chi connectivity index (χ0n) is 18.6. The number of carbonyl (C=O) groups excluding carboxylic acids is 2. The van der Waals surface area contributed by atoms with Crippen molar-refractivity contribution < 1.29 is 9.59 Å². The van der Waals surface area contributed by atoms with Crippen molar-refractivity contribution in [1.29, 1.82) is 0 Å². The van der Waals surface area contributed by atoms with Gasteiger partial charge in [-0.3, -0.25) is 14.6 Å². The van der Waals surface area contributed by atoms with Crippen molar-refractivity contribution in [3.05, 3.63) is 89.0 Å². The lowest BCUT2D eigenvalue weighted by Crippen LogP contribution is -2.41. The van der Waals surface area contributed by atoms with Gasteiger partial charge in [-0.1, -0.05) is 30.3 Å². The minimum Gasteiger partial charge on any atom is -0.351 e.